The Bertz CT molecular complexity index is 74.4. The highest BCUT2D eigenvalue weighted by atomic mass is 32.2. The topological polar surface area (TPSA) is 26.3 Å². The molecule has 0 aliphatic rings. The van der Waals surface area contributed by atoms with Gasteiger partial charge < -0.3 is 4.18 Å². The van der Waals surface area contributed by atoms with E-state index < -0.39 is 0 Å². The molecule has 0 aromatic heterocycles. The Labute approximate surface area is 57.6 Å². The van der Waals surface area contributed by atoms with Crippen molar-refractivity contribution in [3.8, 4) is 0 Å². The summed E-state index contributed by atoms with van der Waals surface area (Å²) in [6.07, 6.45) is 3.53. The lowest BCUT2D eigenvalue weighted by atomic mass is 10.8. The first kappa shape index (κ1) is 8.33. The van der Waals surface area contributed by atoms with Crippen molar-refractivity contribution in [2.24, 2.45) is 0 Å². The monoisotopic (exact) mass is 152 g/mol. The molecule has 0 radical (unpaired) electrons. The summed E-state index contributed by atoms with van der Waals surface area (Å²) in [5.74, 6) is 0. The van der Waals surface area contributed by atoms with Crippen LogP contribution in [0.1, 0.15) is 0 Å². The van der Waals surface area contributed by atoms with Gasteiger partial charge in [0.25, 0.3) is 0 Å². The van der Waals surface area contributed by atoms with Crippen LogP contribution in [-0.4, -0.2) is 24.2 Å². The van der Waals surface area contributed by atoms with Crippen LogP contribution in [-0.2, 0) is 8.98 Å². The molecule has 0 unspecified atom stereocenters. The van der Waals surface area contributed by atoms with E-state index in [0.29, 0.717) is 0 Å². The van der Waals surface area contributed by atoms with Gasteiger partial charge in [0.2, 0.25) is 5.12 Å². The number of carbonyl (C=O) groups excluding carboxylic acids is 1. The van der Waals surface area contributed by atoms with Crippen LogP contribution >= 0.6 is 23.8 Å². The molecule has 0 heterocycles. The molecule has 0 fully saturated rings. The quantitative estimate of drug-likeness (QED) is 0.567. The molecule has 2 nitrogen and oxygen atoms in total. The first-order valence-corrected chi connectivity index (χ1v) is 4.41. The summed E-state index contributed by atoms with van der Waals surface area (Å²) in [6, 6.07) is 0. The molecule has 48 valence electrons. The van der Waals surface area contributed by atoms with Crippen LogP contribution in [0.2, 0.25) is 0 Å². The van der Waals surface area contributed by atoms with E-state index in [-0.39, 0.29) is 11.7 Å². The number of carbonyl (C=O) groups is 1. The van der Waals surface area contributed by atoms with Crippen molar-refractivity contribution in [2.75, 3.05) is 19.1 Å². The third-order valence-corrected chi connectivity index (χ3v) is 1.45. The van der Waals surface area contributed by atoms with Gasteiger partial charge in [-0.2, -0.15) is 0 Å². The second-order valence-electron chi connectivity index (χ2n) is 1.00. The summed E-state index contributed by atoms with van der Waals surface area (Å²) in [5.41, 5.74) is 0. The molecule has 0 aromatic rings. The van der Waals surface area contributed by atoms with Gasteiger partial charge in [0, 0.05) is 6.26 Å². The minimum absolute atomic E-state index is 0.0688. The Morgan fingerprint density at radius 3 is 2.62 bits per heavy atom. The molecule has 0 atom stereocenters. The van der Waals surface area contributed by atoms with Crippen LogP contribution in [0.5, 0.6) is 0 Å². The highest BCUT2D eigenvalue weighted by molar-refractivity contribution is 8.13. The van der Waals surface area contributed by atoms with Gasteiger partial charge in [-0.1, -0.05) is 11.8 Å². The van der Waals surface area contributed by atoms with Crippen LogP contribution in [0, 0.1) is 0 Å². The van der Waals surface area contributed by atoms with E-state index in [1.165, 1.54) is 23.8 Å². The second kappa shape index (κ2) is 5.47. The van der Waals surface area contributed by atoms with Crippen LogP contribution in [0.4, 0.5) is 0 Å². The normalized spacial score (nSPS) is 9.25. The maximum atomic E-state index is 10.4. The fraction of sp³-hybridized carbons (Fsp3) is 0.750. The van der Waals surface area contributed by atoms with Crippen LogP contribution < -0.4 is 0 Å². The Hall–Kier alpha value is 0.330. The molecule has 0 saturated heterocycles. The van der Waals surface area contributed by atoms with Gasteiger partial charge in [0.05, 0.1) is 0 Å². The highest BCUT2D eigenvalue weighted by Crippen LogP contribution is 1.99. The minimum atomic E-state index is 0.0688. The van der Waals surface area contributed by atoms with Crippen molar-refractivity contribution in [3.05, 3.63) is 0 Å². The minimum Gasteiger partial charge on any atom is -0.307 e. The van der Waals surface area contributed by atoms with Crippen LogP contribution in [0.3, 0.4) is 0 Å². The summed E-state index contributed by atoms with van der Waals surface area (Å²) >= 11 is 2.40. The zero-order valence-corrected chi connectivity index (χ0v) is 6.47. The van der Waals surface area contributed by atoms with Gasteiger partial charge in [-0.3, -0.25) is 4.79 Å². The van der Waals surface area contributed by atoms with Crippen molar-refractivity contribution in [1.82, 2.24) is 0 Å². The molecule has 0 bridgehead atoms. The molecule has 0 aromatic carbocycles. The average molecular weight is 152 g/mol. The molecule has 0 saturated carbocycles. The first-order valence-electron chi connectivity index (χ1n) is 2.03. The third kappa shape index (κ3) is 4.49. The lowest BCUT2D eigenvalue weighted by Gasteiger charge is -1.92. The molecule has 4 heteroatoms. The van der Waals surface area contributed by atoms with Crippen molar-refractivity contribution in [1.29, 1.82) is 0 Å². The second-order valence-corrected chi connectivity index (χ2v) is 2.44. The molecule has 0 aliphatic carbocycles. The van der Waals surface area contributed by atoms with E-state index in [0.717, 1.165) is 0 Å². The van der Waals surface area contributed by atoms with Crippen LogP contribution in [0.15, 0.2) is 0 Å². The van der Waals surface area contributed by atoms with E-state index in [9.17, 15) is 4.79 Å². The van der Waals surface area contributed by atoms with Crippen molar-refractivity contribution < 1.29 is 8.98 Å². The Balaban J connectivity index is 2.99. The number of hydrogen-bond acceptors (Lipinski definition) is 4. The van der Waals surface area contributed by atoms with Crippen molar-refractivity contribution in [2.45, 2.75) is 0 Å². The van der Waals surface area contributed by atoms with Gasteiger partial charge in [-0.25, -0.2) is 0 Å². The van der Waals surface area contributed by atoms with Gasteiger partial charge in [-0.15, -0.1) is 0 Å². The molecule has 0 N–H and O–H groups in total. The summed E-state index contributed by atoms with van der Waals surface area (Å²) in [6.45, 7) is 0.211. The van der Waals surface area contributed by atoms with Gasteiger partial charge in [0.15, 0.2) is 0 Å². The predicted octanol–water partition coefficient (Wildman–Crippen LogP) is 1.17. The molecular weight excluding hydrogens is 144 g/mol. The zero-order valence-electron chi connectivity index (χ0n) is 4.84. The van der Waals surface area contributed by atoms with E-state index in [1.807, 2.05) is 0 Å². The number of thioether (sulfide) groups is 1. The fourth-order valence-corrected chi connectivity index (χ4v) is 0.642. The largest absolute Gasteiger partial charge is 0.307 e. The van der Waals surface area contributed by atoms with E-state index in [2.05, 4.69) is 0 Å². The van der Waals surface area contributed by atoms with E-state index >= 15 is 0 Å². The average Bonchev–Trinajstić information content (AvgIpc) is 1.83. The van der Waals surface area contributed by atoms with Crippen molar-refractivity contribution >= 4 is 28.9 Å². The third-order valence-electron chi connectivity index (χ3n) is 0.522. The maximum Gasteiger partial charge on any atom is 0.215 e. The summed E-state index contributed by atoms with van der Waals surface area (Å²) in [7, 11) is 0. The Kier molecular flexibility index (Phi) is 5.69. The lowest BCUT2D eigenvalue weighted by Crippen LogP contribution is -1.97. The molecular formula is C4H8O2S2. The SMILES string of the molecule is CSOCC(=O)SC. The molecule has 0 rings (SSSR count). The lowest BCUT2D eigenvalue weighted by molar-refractivity contribution is -0.112. The summed E-state index contributed by atoms with van der Waals surface area (Å²) in [4.78, 5) is 10.4. The van der Waals surface area contributed by atoms with E-state index in [4.69, 9.17) is 4.18 Å². The van der Waals surface area contributed by atoms with Gasteiger partial charge in [-0.05, 0) is 18.3 Å². The van der Waals surface area contributed by atoms with Crippen LogP contribution in [0.25, 0.3) is 0 Å². The smallest absolute Gasteiger partial charge is 0.215 e. The van der Waals surface area contributed by atoms with Gasteiger partial charge >= 0.3 is 0 Å². The van der Waals surface area contributed by atoms with Crippen molar-refractivity contribution in [3.63, 3.8) is 0 Å². The molecule has 0 spiro atoms. The fourth-order valence-electron chi connectivity index (χ4n) is 0.166. The molecule has 0 amide bonds. The predicted molar refractivity (Wildman–Crippen MR) is 38.0 cm³/mol. The highest BCUT2D eigenvalue weighted by Gasteiger charge is 1.95. The standard InChI is InChI=1S/C4H8O2S2/c1-7-4(5)3-6-8-2/h3H2,1-2H3. The maximum absolute atomic E-state index is 10.4. The first-order chi connectivity index (χ1) is 3.81. The molecule has 0 aliphatic heterocycles. The zero-order chi connectivity index (χ0) is 6.41. The summed E-state index contributed by atoms with van der Waals surface area (Å²) in [5, 5.41) is 0.0688. The Morgan fingerprint density at radius 1 is 1.62 bits per heavy atom. The molecule has 8 heavy (non-hydrogen) atoms. The Morgan fingerprint density at radius 2 is 2.25 bits per heavy atom. The van der Waals surface area contributed by atoms with E-state index in [1.54, 1.807) is 12.5 Å². The number of hydrogen-bond donors (Lipinski definition) is 0. The van der Waals surface area contributed by atoms with Gasteiger partial charge in [0.1, 0.15) is 6.61 Å². The summed E-state index contributed by atoms with van der Waals surface area (Å²) < 4.78 is 4.73. The number of rotatable bonds is 3.